The number of benzene rings is 2. The van der Waals surface area contributed by atoms with Crippen molar-refractivity contribution in [2.45, 2.75) is 32.0 Å². The summed E-state index contributed by atoms with van der Waals surface area (Å²) in [6.07, 6.45) is -0.368. The van der Waals surface area contributed by atoms with Gasteiger partial charge in [0, 0.05) is 13.0 Å². The van der Waals surface area contributed by atoms with Gasteiger partial charge in [0.1, 0.15) is 11.8 Å². The van der Waals surface area contributed by atoms with E-state index in [9.17, 15) is 14.7 Å². The van der Waals surface area contributed by atoms with Crippen LogP contribution in [0.5, 0.6) is 0 Å². The lowest BCUT2D eigenvalue weighted by molar-refractivity contribution is -0.119. The molecular formula is C20H22N4O3. The van der Waals surface area contributed by atoms with Crippen molar-refractivity contribution >= 4 is 23.2 Å². The van der Waals surface area contributed by atoms with E-state index < -0.39 is 18.1 Å². The molecule has 0 bridgehead atoms. The van der Waals surface area contributed by atoms with Crippen LogP contribution in [-0.2, 0) is 16.1 Å². The second kappa shape index (κ2) is 8.01. The number of hydrogen-bond donors (Lipinski definition) is 3. The van der Waals surface area contributed by atoms with Crippen LogP contribution in [0.4, 0.5) is 5.69 Å². The second-order valence-electron chi connectivity index (χ2n) is 6.45. The number of hydrogen-bond acceptors (Lipinski definition) is 5. The largest absolute Gasteiger partial charge is 0.389 e. The van der Waals surface area contributed by atoms with Gasteiger partial charge in [-0.25, -0.2) is 0 Å². The van der Waals surface area contributed by atoms with Gasteiger partial charge in [0.2, 0.25) is 5.91 Å². The number of carbonyl (C=O) groups is 2. The molecule has 2 atom stereocenters. The average molecular weight is 366 g/mol. The Bertz CT molecular complexity index is 847. The molecule has 1 aliphatic rings. The van der Waals surface area contributed by atoms with Crippen molar-refractivity contribution < 1.29 is 14.7 Å². The van der Waals surface area contributed by atoms with Crippen LogP contribution in [0.2, 0.25) is 0 Å². The highest BCUT2D eigenvalue weighted by Gasteiger charge is 2.34. The van der Waals surface area contributed by atoms with Gasteiger partial charge in [-0.3, -0.25) is 14.6 Å². The number of primary amides is 1. The van der Waals surface area contributed by atoms with Gasteiger partial charge >= 0.3 is 0 Å². The number of para-hydroxylation sites is 1. The number of carbonyl (C=O) groups excluding carboxylic acids is 2. The first-order valence-electron chi connectivity index (χ1n) is 8.72. The Morgan fingerprint density at radius 3 is 2.48 bits per heavy atom. The fourth-order valence-electron chi connectivity index (χ4n) is 2.89. The number of nitrogens with one attached hydrogen (secondary N) is 1. The third-order valence-electron chi connectivity index (χ3n) is 4.44. The second-order valence-corrected chi connectivity index (χ2v) is 6.45. The first-order chi connectivity index (χ1) is 13.0. The van der Waals surface area contributed by atoms with E-state index in [4.69, 9.17) is 5.73 Å². The molecule has 0 aliphatic carbocycles. The quantitative estimate of drug-likeness (QED) is 0.719. The number of nitrogens with two attached hydrogens (primary N) is 1. The zero-order valence-electron chi connectivity index (χ0n) is 15.0. The molecule has 0 unspecified atom stereocenters. The summed E-state index contributed by atoms with van der Waals surface area (Å²) >= 11 is 0. The molecule has 2 amide bonds. The molecule has 7 heteroatoms. The maximum absolute atomic E-state index is 12.5. The lowest BCUT2D eigenvalue weighted by Crippen LogP contribution is -2.39. The van der Waals surface area contributed by atoms with Gasteiger partial charge < -0.3 is 16.2 Å². The van der Waals surface area contributed by atoms with E-state index in [1.54, 1.807) is 6.92 Å². The van der Waals surface area contributed by atoms with Crippen molar-refractivity contribution in [1.82, 2.24) is 5.32 Å². The first kappa shape index (κ1) is 18.6. The fourth-order valence-corrected chi connectivity index (χ4v) is 2.89. The third-order valence-corrected chi connectivity index (χ3v) is 4.44. The Labute approximate surface area is 157 Å². The van der Waals surface area contributed by atoms with Crippen molar-refractivity contribution in [2.75, 3.05) is 5.01 Å². The van der Waals surface area contributed by atoms with E-state index in [0.717, 1.165) is 11.1 Å². The van der Waals surface area contributed by atoms with E-state index in [-0.39, 0.29) is 18.0 Å². The van der Waals surface area contributed by atoms with E-state index in [2.05, 4.69) is 10.4 Å². The molecule has 140 valence electrons. The summed E-state index contributed by atoms with van der Waals surface area (Å²) in [6.45, 7) is 2.02. The summed E-state index contributed by atoms with van der Waals surface area (Å²) in [6, 6.07) is 15.8. The highest BCUT2D eigenvalue weighted by atomic mass is 16.3. The Morgan fingerprint density at radius 2 is 1.89 bits per heavy atom. The van der Waals surface area contributed by atoms with Gasteiger partial charge in [0.15, 0.2) is 0 Å². The van der Waals surface area contributed by atoms with Crippen LogP contribution < -0.4 is 16.1 Å². The van der Waals surface area contributed by atoms with Gasteiger partial charge in [0.05, 0.1) is 11.8 Å². The zero-order valence-corrected chi connectivity index (χ0v) is 15.0. The molecule has 0 fully saturated rings. The summed E-state index contributed by atoms with van der Waals surface area (Å²) in [5.41, 5.74) is 8.17. The number of aliphatic hydroxyl groups is 1. The molecule has 2 aromatic rings. The summed E-state index contributed by atoms with van der Waals surface area (Å²) in [4.78, 5) is 24.3. The Kier molecular flexibility index (Phi) is 5.52. The van der Waals surface area contributed by atoms with Crippen molar-refractivity contribution in [2.24, 2.45) is 10.8 Å². The predicted molar refractivity (Wildman–Crippen MR) is 103 cm³/mol. The molecule has 1 aliphatic heterocycles. The standard InChI is InChI=1S/C20H22N4O3/c1-13(25)15-9-7-14(8-10-15)12-22-20(27)17-11-18(19(21)26)24(23-17)16-5-3-2-4-6-16/h2-10,13,18,25H,11-12H2,1H3,(H2,21,26)(H,22,27)/t13-,18-/m1/s1. The summed E-state index contributed by atoms with van der Waals surface area (Å²) in [7, 11) is 0. The summed E-state index contributed by atoms with van der Waals surface area (Å²) in [5, 5.41) is 18.2. The number of aliphatic hydroxyl groups excluding tert-OH is 1. The number of nitrogens with zero attached hydrogens (tertiary/aromatic N) is 2. The summed E-state index contributed by atoms with van der Waals surface area (Å²) < 4.78 is 0. The number of hydrazone groups is 1. The summed E-state index contributed by atoms with van der Waals surface area (Å²) in [5.74, 6) is -0.863. The zero-order chi connectivity index (χ0) is 19.4. The number of amides is 2. The molecule has 4 N–H and O–H groups in total. The normalized spacial score (nSPS) is 17.3. The smallest absolute Gasteiger partial charge is 0.267 e. The van der Waals surface area contributed by atoms with E-state index in [1.807, 2.05) is 54.6 Å². The Balaban J connectivity index is 1.68. The topological polar surface area (TPSA) is 108 Å². The van der Waals surface area contributed by atoms with Crippen LogP contribution in [-0.4, -0.2) is 28.7 Å². The van der Waals surface area contributed by atoms with Gasteiger partial charge in [-0.05, 0) is 30.2 Å². The molecule has 2 aromatic carbocycles. The van der Waals surface area contributed by atoms with Crippen molar-refractivity contribution in [1.29, 1.82) is 0 Å². The molecule has 0 aromatic heterocycles. The van der Waals surface area contributed by atoms with Crippen molar-refractivity contribution in [3.8, 4) is 0 Å². The van der Waals surface area contributed by atoms with E-state index >= 15 is 0 Å². The minimum absolute atomic E-state index is 0.164. The van der Waals surface area contributed by atoms with Gasteiger partial charge in [-0.1, -0.05) is 42.5 Å². The number of rotatable bonds is 6. The fraction of sp³-hybridized carbons (Fsp3) is 0.250. The third kappa shape index (κ3) is 4.32. The van der Waals surface area contributed by atoms with Gasteiger partial charge in [0.25, 0.3) is 5.91 Å². The molecule has 3 rings (SSSR count). The van der Waals surface area contributed by atoms with Gasteiger partial charge in [-0.2, -0.15) is 5.10 Å². The van der Waals surface area contributed by atoms with E-state index in [0.29, 0.717) is 12.2 Å². The van der Waals surface area contributed by atoms with Gasteiger partial charge in [-0.15, -0.1) is 0 Å². The molecule has 1 heterocycles. The van der Waals surface area contributed by atoms with Crippen LogP contribution in [0.25, 0.3) is 0 Å². The Morgan fingerprint density at radius 1 is 1.22 bits per heavy atom. The number of anilines is 1. The SMILES string of the molecule is C[C@@H](O)c1ccc(CNC(=O)C2=NN(c3ccccc3)[C@@H](C(N)=O)C2)cc1. The minimum atomic E-state index is -0.682. The molecule has 0 saturated heterocycles. The molecule has 7 nitrogen and oxygen atoms in total. The molecule has 0 radical (unpaired) electrons. The Hall–Kier alpha value is -3.19. The predicted octanol–water partition coefficient (Wildman–Crippen LogP) is 1.48. The van der Waals surface area contributed by atoms with Crippen molar-refractivity contribution in [3.63, 3.8) is 0 Å². The van der Waals surface area contributed by atoms with E-state index in [1.165, 1.54) is 5.01 Å². The maximum Gasteiger partial charge on any atom is 0.267 e. The highest BCUT2D eigenvalue weighted by Crippen LogP contribution is 2.24. The van der Waals surface area contributed by atoms with Crippen LogP contribution in [0.1, 0.15) is 30.6 Å². The monoisotopic (exact) mass is 366 g/mol. The molecule has 0 saturated carbocycles. The maximum atomic E-state index is 12.5. The molecule has 0 spiro atoms. The lowest BCUT2D eigenvalue weighted by atomic mass is 10.1. The first-order valence-corrected chi connectivity index (χ1v) is 8.72. The highest BCUT2D eigenvalue weighted by molar-refractivity contribution is 6.40. The minimum Gasteiger partial charge on any atom is -0.389 e. The lowest BCUT2D eigenvalue weighted by Gasteiger charge is -2.20. The molecule has 27 heavy (non-hydrogen) atoms. The van der Waals surface area contributed by atoms with Crippen LogP contribution >= 0.6 is 0 Å². The van der Waals surface area contributed by atoms with Crippen molar-refractivity contribution in [3.05, 3.63) is 65.7 Å². The molecular weight excluding hydrogens is 344 g/mol. The van der Waals surface area contributed by atoms with Crippen LogP contribution in [0, 0.1) is 0 Å². The average Bonchev–Trinajstić information content (AvgIpc) is 3.13. The van der Waals surface area contributed by atoms with Crippen LogP contribution in [0.3, 0.4) is 0 Å². The van der Waals surface area contributed by atoms with Crippen LogP contribution in [0.15, 0.2) is 59.7 Å².